The van der Waals surface area contributed by atoms with Crippen LogP contribution in [-0.4, -0.2) is 66.9 Å². The molecule has 3 heterocycles. The molecule has 0 spiro atoms. The second kappa shape index (κ2) is 6.55. The maximum absolute atomic E-state index is 12.6. The first-order valence-corrected chi connectivity index (χ1v) is 8.48. The third-order valence-corrected chi connectivity index (χ3v) is 4.79. The fraction of sp³-hybridized carbons (Fsp3) is 0.500. The van der Waals surface area contributed by atoms with Crippen LogP contribution in [0.1, 0.15) is 11.3 Å². The van der Waals surface area contributed by atoms with Gasteiger partial charge in [-0.3, -0.25) is 9.69 Å². The van der Waals surface area contributed by atoms with Gasteiger partial charge in [0.25, 0.3) is 0 Å². The zero-order chi connectivity index (χ0) is 16.5. The Morgan fingerprint density at radius 1 is 1.33 bits per heavy atom. The highest BCUT2D eigenvalue weighted by Gasteiger charge is 2.25. The third-order valence-electron chi connectivity index (χ3n) is 4.79. The van der Waals surface area contributed by atoms with Crippen molar-refractivity contribution >= 4 is 16.8 Å². The largest absolute Gasteiger partial charge is 0.358 e. The first-order chi connectivity index (χ1) is 11.7. The molecule has 2 aliphatic heterocycles. The van der Waals surface area contributed by atoms with E-state index in [-0.39, 0.29) is 12.2 Å². The van der Waals surface area contributed by atoms with Crippen LogP contribution in [0.4, 0.5) is 0 Å². The summed E-state index contributed by atoms with van der Waals surface area (Å²) in [4.78, 5) is 20.1. The number of nitrogens with one attached hydrogen (secondary N) is 1. The Morgan fingerprint density at radius 3 is 2.96 bits per heavy atom. The van der Waals surface area contributed by atoms with E-state index in [1.165, 1.54) is 16.6 Å². The molecule has 1 aromatic carbocycles. The van der Waals surface area contributed by atoms with Crippen molar-refractivity contribution in [2.45, 2.75) is 19.3 Å². The monoisotopic (exact) mass is 329 g/mol. The minimum atomic E-state index is -0.204. The van der Waals surface area contributed by atoms with E-state index in [0.717, 1.165) is 18.5 Å². The van der Waals surface area contributed by atoms with Crippen LogP contribution >= 0.6 is 0 Å². The van der Waals surface area contributed by atoms with Crippen molar-refractivity contribution in [3.63, 3.8) is 0 Å². The Morgan fingerprint density at radius 2 is 2.12 bits per heavy atom. The first kappa shape index (κ1) is 15.6. The Bertz CT molecular complexity index is 736. The van der Waals surface area contributed by atoms with Crippen molar-refractivity contribution in [1.29, 1.82) is 0 Å². The fourth-order valence-corrected chi connectivity index (χ4v) is 3.54. The summed E-state index contributed by atoms with van der Waals surface area (Å²) < 4.78 is 10.9. The predicted molar refractivity (Wildman–Crippen MR) is 90.6 cm³/mol. The van der Waals surface area contributed by atoms with E-state index in [2.05, 4.69) is 17.1 Å². The van der Waals surface area contributed by atoms with E-state index in [0.29, 0.717) is 32.8 Å². The molecule has 0 saturated carbocycles. The number of fused-ring (bicyclic) bond motifs is 3. The molecule has 6 heteroatoms. The summed E-state index contributed by atoms with van der Waals surface area (Å²) in [5, 5.41) is 1.23. The van der Waals surface area contributed by atoms with E-state index in [1.807, 2.05) is 29.0 Å². The second-order valence-corrected chi connectivity index (χ2v) is 6.56. The summed E-state index contributed by atoms with van der Waals surface area (Å²) in [5.41, 5.74) is 3.68. The molecule has 24 heavy (non-hydrogen) atoms. The van der Waals surface area contributed by atoms with Crippen LogP contribution in [0, 0.1) is 0 Å². The summed E-state index contributed by atoms with van der Waals surface area (Å²) in [7, 11) is 1.93. The van der Waals surface area contributed by atoms with Crippen molar-refractivity contribution < 1.29 is 14.3 Å². The standard InChI is InChI=1S/C18H23N3O3/c1-20(12-18-23-8-9-24-18)11-17(22)21-7-6-16-14(10-21)13-4-2-3-5-15(13)19-16/h2-5,18-19H,6-12H2,1H3. The highest BCUT2D eigenvalue weighted by molar-refractivity contribution is 5.86. The molecule has 0 unspecified atom stereocenters. The summed E-state index contributed by atoms with van der Waals surface area (Å²) in [6.45, 7) is 3.74. The number of para-hydroxylation sites is 1. The first-order valence-electron chi connectivity index (χ1n) is 8.48. The number of amides is 1. The van der Waals surface area contributed by atoms with Crippen molar-refractivity contribution in [2.24, 2.45) is 0 Å². The number of ether oxygens (including phenoxy) is 2. The van der Waals surface area contributed by atoms with Crippen LogP contribution in [0.3, 0.4) is 0 Å². The Kier molecular flexibility index (Phi) is 4.26. The van der Waals surface area contributed by atoms with Crippen molar-refractivity contribution in [1.82, 2.24) is 14.8 Å². The average Bonchev–Trinajstić information content (AvgIpc) is 3.21. The van der Waals surface area contributed by atoms with Gasteiger partial charge in [-0.15, -0.1) is 0 Å². The lowest BCUT2D eigenvalue weighted by Gasteiger charge is -2.29. The van der Waals surface area contributed by atoms with Gasteiger partial charge >= 0.3 is 0 Å². The minimum Gasteiger partial charge on any atom is -0.358 e. The third kappa shape index (κ3) is 3.05. The number of aromatic amines is 1. The second-order valence-electron chi connectivity index (χ2n) is 6.56. The highest BCUT2D eigenvalue weighted by Crippen LogP contribution is 2.27. The molecule has 1 aromatic heterocycles. The normalized spacial score (nSPS) is 18.5. The van der Waals surface area contributed by atoms with Gasteiger partial charge in [-0.05, 0) is 13.1 Å². The van der Waals surface area contributed by atoms with Crippen LogP contribution in [0.15, 0.2) is 24.3 Å². The van der Waals surface area contributed by atoms with Crippen LogP contribution in [-0.2, 0) is 27.2 Å². The molecule has 1 N–H and O–H groups in total. The number of aromatic nitrogens is 1. The molecular weight excluding hydrogens is 306 g/mol. The Hall–Kier alpha value is -1.89. The van der Waals surface area contributed by atoms with E-state index in [4.69, 9.17) is 9.47 Å². The predicted octanol–water partition coefficient (Wildman–Crippen LogP) is 1.36. The molecule has 1 fully saturated rings. The zero-order valence-corrected chi connectivity index (χ0v) is 14.0. The molecule has 4 rings (SSSR count). The van der Waals surface area contributed by atoms with Crippen LogP contribution in [0.25, 0.3) is 10.9 Å². The van der Waals surface area contributed by atoms with E-state index < -0.39 is 0 Å². The smallest absolute Gasteiger partial charge is 0.237 e. The quantitative estimate of drug-likeness (QED) is 0.920. The number of carbonyl (C=O) groups is 1. The van der Waals surface area contributed by atoms with Crippen molar-refractivity contribution in [3.8, 4) is 0 Å². The number of hydrogen-bond donors (Lipinski definition) is 1. The fourth-order valence-electron chi connectivity index (χ4n) is 3.54. The van der Waals surface area contributed by atoms with Gasteiger partial charge in [0.05, 0.1) is 19.8 Å². The van der Waals surface area contributed by atoms with E-state index in [1.54, 1.807) is 0 Å². The van der Waals surface area contributed by atoms with Gasteiger partial charge in [0, 0.05) is 48.2 Å². The zero-order valence-electron chi connectivity index (χ0n) is 14.0. The highest BCUT2D eigenvalue weighted by atomic mass is 16.7. The van der Waals surface area contributed by atoms with Gasteiger partial charge < -0.3 is 19.4 Å². The molecule has 1 amide bonds. The van der Waals surface area contributed by atoms with Crippen LogP contribution < -0.4 is 0 Å². The minimum absolute atomic E-state index is 0.159. The lowest BCUT2D eigenvalue weighted by atomic mass is 10.0. The van der Waals surface area contributed by atoms with E-state index >= 15 is 0 Å². The average molecular weight is 329 g/mol. The Labute approximate surface area is 141 Å². The maximum Gasteiger partial charge on any atom is 0.237 e. The van der Waals surface area contributed by atoms with Gasteiger partial charge in [0.2, 0.25) is 5.91 Å². The number of carbonyl (C=O) groups excluding carboxylic acids is 1. The molecule has 2 aliphatic rings. The molecule has 0 atom stereocenters. The number of nitrogens with zero attached hydrogens (tertiary/aromatic N) is 2. The number of likely N-dealkylation sites (N-methyl/N-ethyl adjacent to an activating group) is 1. The van der Waals surface area contributed by atoms with Gasteiger partial charge in [-0.25, -0.2) is 0 Å². The molecule has 128 valence electrons. The number of H-pyrrole nitrogens is 1. The number of rotatable bonds is 4. The SMILES string of the molecule is CN(CC(=O)N1CCc2[nH]c3ccccc3c2C1)CC1OCCO1. The lowest BCUT2D eigenvalue weighted by molar-refractivity contribution is -0.134. The van der Waals surface area contributed by atoms with Gasteiger partial charge in [0.15, 0.2) is 6.29 Å². The summed E-state index contributed by atoms with van der Waals surface area (Å²) >= 11 is 0. The topological polar surface area (TPSA) is 57.8 Å². The molecule has 0 bridgehead atoms. The van der Waals surface area contributed by atoms with Crippen LogP contribution in [0.2, 0.25) is 0 Å². The molecule has 1 saturated heterocycles. The Balaban J connectivity index is 1.41. The van der Waals surface area contributed by atoms with Gasteiger partial charge in [-0.1, -0.05) is 18.2 Å². The van der Waals surface area contributed by atoms with Crippen molar-refractivity contribution in [2.75, 3.05) is 39.9 Å². The molecule has 6 nitrogen and oxygen atoms in total. The maximum atomic E-state index is 12.6. The van der Waals surface area contributed by atoms with E-state index in [9.17, 15) is 4.79 Å². The number of benzene rings is 1. The summed E-state index contributed by atoms with van der Waals surface area (Å²) in [6.07, 6.45) is 0.679. The van der Waals surface area contributed by atoms with Crippen molar-refractivity contribution in [3.05, 3.63) is 35.5 Å². The molecule has 0 aliphatic carbocycles. The molecule has 0 radical (unpaired) electrons. The summed E-state index contributed by atoms with van der Waals surface area (Å²) in [5.74, 6) is 0.159. The van der Waals surface area contributed by atoms with Crippen LogP contribution in [0.5, 0.6) is 0 Å². The van der Waals surface area contributed by atoms with Gasteiger partial charge in [-0.2, -0.15) is 0 Å². The number of hydrogen-bond acceptors (Lipinski definition) is 4. The van der Waals surface area contributed by atoms with Gasteiger partial charge in [0.1, 0.15) is 0 Å². The summed E-state index contributed by atoms with van der Waals surface area (Å²) in [6, 6.07) is 8.30. The molecular formula is C18H23N3O3. The lowest BCUT2D eigenvalue weighted by Crippen LogP contribution is -2.43. The molecule has 2 aromatic rings.